The van der Waals surface area contributed by atoms with Crippen molar-refractivity contribution >= 4 is 0 Å². The normalized spacial score (nSPS) is 37.2. The van der Waals surface area contributed by atoms with Gasteiger partial charge in [-0.15, -0.1) is 0 Å². The molecule has 0 amide bonds. The first-order chi connectivity index (χ1) is 10.5. The van der Waals surface area contributed by atoms with Crippen molar-refractivity contribution in [3.8, 4) is 0 Å². The van der Waals surface area contributed by atoms with Gasteiger partial charge in [0.05, 0.1) is 12.7 Å². The number of hydrogen-bond donors (Lipinski definition) is 0. The summed E-state index contributed by atoms with van der Waals surface area (Å²) in [5.74, 6) is 0.606. The van der Waals surface area contributed by atoms with Crippen LogP contribution in [0.15, 0.2) is 0 Å². The molecule has 0 aromatic carbocycles. The fourth-order valence-electron chi connectivity index (χ4n) is 4.48. The number of hydrogen-bond acceptors (Lipinski definition) is 3. The highest BCUT2D eigenvalue weighted by molar-refractivity contribution is 4.89. The summed E-state index contributed by atoms with van der Waals surface area (Å²) in [5, 5.41) is 0. The largest absolute Gasteiger partial charge is 0.347 e. The molecule has 128 valence electrons. The molecule has 2 heterocycles. The van der Waals surface area contributed by atoms with Gasteiger partial charge in [0.1, 0.15) is 0 Å². The zero-order valence-electron chi connectivity index (χ0n) is 14.9. The molecule has 3 nitrogen and oxygen atoms in total. The molecule has 0 aromatic rings. The van der Waals surface area contributed by atoms with Crippen molar-refractivity contribution < 1.29 is 9.47 Å². The second kappa shape index (κ2) is 6.78. The Morgan fingerprint density at radius 2 is 1.82 bits per heavy atom. The van der Waals surface area contributed by atoms with Crippen molar-refractivity contribution in [2.45, 2.75) is 84.0 Å². The molecule has 0 radical (unpaired) electrons. The molecule has 1 spiro atoms. The zero-order chi connectivity index (χ0) is 15.6. The van der Waals surface area contributed by atoms with E-state index >= 15 is 0 Å². The van der Waals surface area contributed by atoms with Crippen molar-refractivity contribution in [1.29, 1.82) is 0 Å². The minimum Gasteiger partial charge on any atom is -0.347 e. The zero-order valence-corrected chi connectivity index (χ0v) is 14.9. The fourth-order valence-corrected chi connectivity index (χ4v) is 4.48. The average molecular weight is 309 g/mol. The summed E-state index contributed by atoms with van der Waals surface area (Å²) in [6, 6.07) is 0. The van der Waals surface area contributed by atoms with Crippen LogP contribution in [0.3, 0.4) is 0 Å². The van der Waals surface area contributed by atoms with Gasteiger partial charge in [-0.05, 0) is 56.5 Å². The first-order valence-corrected chi connectivity index (χ1v) is 9.57. The van der Waals surface area contributed by atoms with Crippen LogP contribution >= 0.6 is 0 Å². The minimum atomic E-state index is -0.226. The molecular weight excluding hydrogens is 274 g/mol. The summed E-state index contributed by atoms with van der Waals surface area (Å²) in [4.78, 5) is 2.58. The average Bonchev–Trinajstić information content (AvgIpc) is 3.16. The molecule has 22 heavy (non-hydrogen) atoms. The molecule has 3 heteroatoms. The van der Waals surface area contributed by atoms with Crippen LogP contribution in [-0.2, 0) is 9.47 Å². The van der Waals surface area contributed by atoms with E-state index in [-0.39, 0.29) is 5.79 Å². The molecule has 2 aliphatic heterocycles. The van der Waals surface area contributed by atoms with Crippen LogP contribution in [0.25, 0.3) is 0 Å². The molecule has 2 saturated heterocycles. The molecule has 1 atom stereocenters. The third kappa shape index (κ3) is 3.68. The number of ether oxygens (including phenoxy) is 2. The highest BCUT2D eigenvalue weighted by atomic mass is 16.7. The van der Waals surface area contributed by atoms with Crippen LogP contribution in [0.5, 0.6) is 0 Å². The van der Waals surface area contributed by atoms with E-state index in [4.69, 9.17) is 9.47 Å². The van der Waals surface area contributed by atoms with E-state index in [2.05, 4.69) is 25.7 Å². The monoisotopic (exact) mass is 309 g/mol. The lowest BCUT2D eigenvalue weighted by molar-refractivity contribution is -0.197. The second-order valence-electron chi connectivity index (χ2n) is 8.42. The van der Waals surface area contributed by atoms with Crippen LogP contribution in [-0.4, -0.2) is 43.0 Å². The van der Waals surface area contributed by atoms with E-state index in [0.29, 0.717) is 11.5 Å². The van der Waals surface area contributed by atoms with E-state index in [9.17, 15) is 0 Å². The minimum absolute atomic E-state index is 0.226. The topological polar surface area (TPSA) is 21.7 Å². The quantitative estimate of drug-likeness (QED) is 0.759. The lowest BCUT2D eigenvalue weighted by Gasteiger charge is -2.42. The van der Waals surface area contributed by atoms with Gasteiger partial charge in [-0.25, -0.2) is 0 Å². The molecule has 0 bridgehead atoms. The Kier molecular flexibility index (Phi) is 5.16. The van der Waals surface area contributed by atoms with Crippen molar-refractivity contribution in [2.24, 2.45) is 11.3 Å². The third-order valence-corrected chi connectivity index (χ3v) is 6.64. The maximum absolute atomic E-state index is 6.40. The Bertz CT molecular complexity index is 354. The first kappa shape index (κ1) is 16.7. The molecule has 3 fully saturated rings. The van der Waals surface area contributed by atoms with Crippen molar-refractivity contribution in [2.75, 3.05) is 26.2 Å². The van der Waals surface area contributed by atoms with Crippen LogP contribution in [0, 0.1) is 11.3 Å². The summed E-state index contributed by atoms with van der Waals surface area (Å²) in [5.41, 5.74) is 0.468. The van der Waals surface area contributed by atoms with Gasteiger partial charge >= 0.3 is 0 Å². The van der Waals surface area contributed by atoms with Gasteiger partial charge in [0.25, 0.3) is 0 Å². The lowest BCUT2D eigenvalue weighted by Crippen LogP contribution is -2.39. The van der Waals surface area contributed by atoms with Crippen LogP contribution in [0.1, 0.15) is 72.1 Å². The van der Waals surface area contributed by atoms with E-state index in [0.717, 1.165) is 31.8 Å². The van der Waals surface area contributed by atoms with Crippen LogP contribution in [0.2, 0.25) is 0 Å². The van der Waals surface area contributed by atoms with E-state index in [1.54, 1.807) is 0 Å². The summed E-state index contributed by atoms with van der Waals surface area (Å²) < 4.78 is 12.6. The van der Waals surface area contributed by atoms with Gasteiger partial charge in [-0.1, -0.05) is 27.2 Å². The number of nitrogens with zero attached hydrogens (tertiary/aromatic N) is 1. The Morgan fingerprint density at radius 1 is 1.14 bits per heavy atom. The maximum Gasteiger partial charge on any atom is 0.168 e. The molecule has 1 aliphatic carbocycles. The van der Waals surface area contributed by atoms with Gasteiger partial charge in [-0.3, -0.25) is 0 Å². The van der Waals surface area contributed by atoms with Crippen LogP contribution < -0.4 is 0 Å². The molecule has 1 saturated carbocycles. The Morgan fingerprint density at radius 3 is 2.45 bits per heavy atom. The Hall–Kier alpha value is -0.120. The number of rotatable bonds is 5. The van der Waals surface area contributed by atoms with Gasteiger partial charge in [-0.2, -0.15) is 0 Å². The van der Waals surface area contributed by atoms with Gasteiger partial charge < -0.3 is 14.4 Å². The van der Waals surface area contributed by atoms with E-state index in [1.165, 1.54) is 51.7 Å². The first-order valence-electron chi connectivity index (χ1n) is 9.57. The molecule has 3 rings (SSSR count). The summed E-state index contributed by atoms with van der Waals surface area (Å²) in [7, 11) is 0. The lowest BCUT2D eigenvalue weighted by atomic mass is 9.68. The SMILES string of the molecule is CCC(C)(C)C1CCC2(CC1)OCC(CCN1CCCC1)O2. The Labute approximate surface area is 136 Å². The summed E-state index contributed by atoms with van der Waals surface area (Å²) in [6.07, 6.45) is 10.2. The number of likely N-dealkylation sites (tertiary alicyclic amines) is 1. The predicted octanol–water partition coefficient (Wildman–Crippen LogP) is 4.21. The standard InChI is InChI=1S/C19H35NO2/c1-4-18(2,3)16-7-10-19(11-8-16)21-15-17(22-19)9-14-20-12-5-6-13-20/h16-17H,4-15H2,1-3H3. The molecular formula is C19H35NO2. The molecule has 3 aliphatic rings. The Balaban J connectivity index is 1.44. The van der Waals surface area contributed by atoms with E-state index in [1.807, 2.05) is 0 Å². The molecule has 0 aromatic heterocycles. The highest BCUT2D eigenvalue weighted by Gasteiger charge is 2.46. The fraction of sp³-hybridized carbons (Fsp3) is 1.00. The third-order valence-electron chi connectivity index (χ3n) is 6.64. The van der Waals surface area contributed by atoms with Crippen molar-refractivity contribution in [3.63, 3.8) is 0 Å². The van der Waals surface area contributed by atoms with E-state index < -0.39 is 0 Å². The summed E-state index contributed by atoms with van der Waals surface area (Å²) >= 11 is 0. The highest BCUT2D eigenvalue weighted by Crippen LogP contribution is 2.47. The van der Waals surface area contributed by atoms with Crippen molar-refractivity contribution in [1.82, 2.24) is 4.90 Å². The molecule has 0 N–H and O–H groups in total. The van der Waals surface area contributed by atoms with Crippen molar-refractivity contribution in [3.05, 3.63) is 0 Å². The molecule has 1 unspecified atom stereocenters. The smallest absolute Gasteiger partial charge is 0.168 e. The predicted molar refractivity (Wildman–Crippen MR) is 89.9 cm³/mol. The van der Waals surface area contributed by atoms with Gasteiger partial charge in [0.15, 0.2) is 5.79 Å². The van der Waals surface area contributed by atoms with Gasteiger partial charge in [0.2, 0.25) is 0 Å². The van der Waals surface area contributed by atoms with Crippen LogP contribution in [0.4, 0.5) is 0 Å². The summed E-state index contributed by atoms with van der Waals surface area (Å²) in [6.45, 7) is 11.7. The maximum atomic E-state index is 6.40. The van der Waals surface area contributed by atoms with Gasteiger partial charge in [0, 0.05) is 19.4 Å². The second-order valence-corrected chi connectivity index (χ2v) is 8.42.